The molecule has 5 nitrogen and oxygen atoms in total. The Morgan fingerprint density at radius 1 is 1.00 bits per heavy atom. The number of carbonyl (C=O) groups excluding carboxylic acids is 1. The summed E-state index contributed by atoms with van der Waals surface area (Å²) in [6, 6.07) is 12.6. The highest BCUT2D eigenvalue weighted by atomic mass is 35.5. The molecule has 0 aromatic heterocycles. The zero-order valence-corrected chi connectivity index (χ0v) is 21.9. The maximum absolute atomic E-state index is 14.7. The molecule has 34 heavy (non-hydrogen) atoms. The van der Waals surface area contributed by atoms with E-state index < -0.39 is 5.54 Å². The number of halogens is 4. The molecule has 9 heteroatoms. The molecule has 1 saturated heterocycles. The van der Waals surface area contributed by atoms with Crippen LogP contribution in [0.2, 0.25) is 0 Å². The van der Waals surface area contributed by atoms with Crippen LogP contribution in [0.4, 0.5) is 4.39 Å². The number of rotatable bonds is 6. The number of ketones is 1. The minimum absolute atomic E-state index is 0. The quantitative estimate of drug-likeness (QED) is 0.564. The summed E-state index contributed by atoms with van der Waals surface area (Å²) in [5.74, 6) is 0.327. The highest BCUT2D eigenvalue weighted by Gasteiger charge is 2.37. The second kappa shape index (κ2) is 13.6. The van der Waals surface area contributed by atoms with Crippen LogP contribution in [0.25, 0.3) is 0 Å². The zero-order chi connectivity index (χ0) is 21.8. The van der Waals surface area contributed by atoms with Crippen molar-refractivity contribution in [2.24, 2.45) is 0 Å². The first kappa shape index (κ1) is 30.6. The van der Waals surface area contributed by atoms with Crippen LogP contribution in [0.1, 0.15) is 42.4 Å². The van der Waals surface area contributed by atoms with E-state index in [2.05, 4.69) is 22.2 Å². The fourth-order valence-electron chi connectivity index (χ4n) is 4.74. The van der Waals surface area contributed by atoms with Crippen molar-refractivity contribution in [2.45, 2.75) is 44.3 Å². The summed E-state index contributed by atoms with van der Waals surface area (Å²) < 4.78 is 14.7. The molecule has 2 aliphatic rings. The predicted molar refractivity (Wildman–Crippen MR) is 141 cm³/mol. The van der Waals surface area contributed by atoms with Crippen molar-refractivity contribution in [2.75, 3.05) is 33.2 Å². The predicted octanol–water partition coefficient (Wildman–Crippen LogP) is 4.67. The second-order valence-electron chi connectivity index (χ2n) is 9.00. The van der Waals surface area contributed by atoms with Crippen LogP contribution in [-0.4, -0.2) is 53.9 Å². The maximum atomic E-state index is 14.7. The van der Waals surface area contributed by atoms with Gasteiger partial charge >= 0.3 is 0 Å². The first-order valence-corrected chi connectivity index (χ1v) is 11.2. The van der Waals surface area contributed by atoms with Gasteiger partial charge in [0.2, 0.25) is 0 Å². The molecule has 2 aromatic carbocycles. The van der Waals surface area contributed by atoms with Crippen molar-refractivity contribution >= 4 is 43.0 Å². The molecule has 1 heterocycles. The standard InChI is InChI=1S/C25H32FN3O2.3ClH/c1-28-12-14-29(15-13-28)18-20-16-19(6-7-24(20)31)17-27-25(10-8-21(30)9-11-25)22-4-2-3-5-23(22)26;;;/h2-7,16,27,31H,8-15,17-18H2,1H3;3*1H. The van der Waals surface area contributed by atoms with Gasteiger partial charge in [0.25, 0.3) is 0 Å². The number of aromatic hydroxyl groups is 1. The number of carbonyl (C=O) groups is 1. The summed E-state index contributed by atoms with van der Waals surface area (Å²) in [6.07, 6.45) is 2.12. The van der Waals surface area contributed by atoms with Crippen LogP contribution in [0.5, 0.6) is 5.75 Å². The molecule has 0 bridgehead atoms. The molecule has 1 aliphatic carbocycles. The van der Waals surface area contributed by atoms with Gasteiger partial charge in [-0.3, -0.25) is 9.69 Å². The molecule has 4 rings (SSSR count). The molecule has 2 fully saturated rings. The molecule has 190 valence electrons. The number of benzene rings is 2. The van der Waals surface area contributed by atoms with E-state index >= 15 is 0 Å². The summed E-state index contributed by atoms with van der Waals surface area (Å²) >= 11 is 0. The van der Waals surface area contributed by atoms with E-state index in [0.29, 0.717) is 43.5 Å². The number of Topliss-reactive ketones (excluding diaryl/α,β-unsaturated/α-hetero) is 1. The lowest BCUT2D eigenvalue weighted by Crippen LogP contribution is -2.45. The third-order valence-corrected chi connectivity index (χ3v) is 6.82. The van der Waals surface area contributed by atoms with Gasteiger partial charge in [-0.25, -0.2) is 4.39 Å². The Labute approximate surface area is 220 Å². The third kappa shape index (κ3) is 7.30. The third-order valence-electron chi connectivity index (χ3n) is 6.82. The van der Waals surface area contributed by atoms with Crippen molar-refractivity contribution < 1.29 is 14.3 Å². The van der Waals surface area contributed by atoms with Gasteiger partial charge in [-0.05, 0) is 43.7 Å². The van der Waals surface area contributed by atoms with Gasteiger partial charge in [0, 0.05) is 68.8 Å². The Kier molecular flexibility index (Phi) is 12.3. The van der Waals surface area contributed by atoms with Gasteiger partial charge in [-0.2, -0.15) is 0 Å². The van der Waals surface area contributed by atoms with Gasteiger partial charge in [-0.15, -0.1) is 37.2 Å². The summed E-state index contributed by atoms with van der Waals surface area (Å²) in [4.78, 5) is 16.6. The van der Waals surface area contributed by atoms with E-state index in [1.165, 1.54) is 6.07 Å². The van der Waals surface area contributed by atoms with Crippen molar-refractivity contribution in [1.82, 2.24) is 15.1 Å². The van der Waals surface area contributed by atoms with Crippen LogP contribution < -0.4 is 5.32 Å². The monoisotopic (exact) mass is 533 g/mol. The fraction of sp³-hybridized carbons (Fsp3) is 0.480. The summed E-state index contributed by atoms with van der Waals surface area (Å²) in [7, 11) is 2.13. The van der Waals surface area contributed by atoms with Crippen LogP contribution in [-0.2, 0) is 23.4 Å². The van der Waals surface area contributed by atoms with Crippen molar-refractivity contribution in [3.63, 3.8) is 0 Å². The fourth-order valence-corrected chi connectivity index (χ4v) is 4.74. The summed E-state index contributed by atoms with van der Waals surface area (Å²) in [5, 5.41) is 14.0. The molecule has 2 aromatic rings. The zero-order valence-electron chi connectivity index (χ0n) is 19.5. The van der Waals surface area contributed by atoms with Gasteiger partial charge < -0.3 is 15.3 Å². The van der Waals surface area contributed by atoms with E-state index in [0.717, 1.165) is 43.9 Å². The maximum Gasteiger partial charge on any atom is 0.133 e. The number of piperazine rings is 1. The summed E-state index contributed by atoms with van der Waals surface area (Å²) in [5.41, 5.74) is 2.06. The lowest BCUT2D eigenvalue weighted by molar-refractivity contribution is -0.121. The highest BCUT2D eigenvalue weighted by molar-refractivity contribution is 5.86. The van der Waals surface area contributed by atoms with Crippen LogP contribution in [0, 0.1) is 5.82 Å². The first-order valence-electron chi connectivity index (χ1n) is 11.2. The largest absolute Gasteiger partial charge is 0.508 e. The lowest BCUT2D eigenvalue weighted by Gasteiger charge is -2.39. The van der Waals surface area contributed by atoms with Crippen LogP contribution in [0.3, 0.4) is 0 Å². The van der Waals surface area contributed by atoms with E-state index in [4.69, 9.17) is 0 Å². The van der Waals surface area contributed by atoms with Gasteiger partial charge in [0.1, 0.15) is 17.3 Å². The van der Waals surface area contributed by atoms with Gasteiger partial charge in [0.15, 0.2) is 0 Å². The van der Waals surface area contributed by atoms with E-state index in [-0.39, 0.29) is 48.8 Å². The number of phenolic OH excluding ortho intramolecular Hbond substituents is 1. The van der Waals surface area contributed by atoms with E-state index in [1.54, 1.807) is 12.1 Å². The van der Waals surface area contributed by atoms with Crippen molar-refractivity contribution in [3.05, 3.63) is 65.0 Å². The number of nitrogens with zero attached hydrogens (tertiary/aromatic N) is 2. The highest BCUT2D eigenvalue weighted by Crippen LogP contribution is 2.37. The van der Waals surface area contributed by atoms with Crippen molar-refractivity contribution in [3.8, 4) is 5.75 Å². The Bertz CT molecular complexity index is 929. The molecule has 0 amide bonds. The Morgan fingerprint density at radius 2 is 1.65 bits per heavy atom. The first-order chi connectivity index (χ1) is 14.9. The smallest absolute Gasteiger partial charge is 0.133 e. The average molecular weight is 535 g/mol. The molecule has 1 saturated carbocycles. The Morgan fingerprint density at radius 3 is 2.29 bits per heavy atom. The second-order valence-corrected chi connectivity index (χ2v) is 9.00. The van der Waals surface area contributed by atoms with Crippen LogP contribution >= 0.6 is 37.2 Å². The lowest BCUT2D eigenvalue weighted by atomic mass is 9.75. The van der Waals surface area contributed by atoms with Crippen molar-refractivity contribution in [1.29, 1.82) is 0 Å². The SMILES string of the molecule is CN1CCN(Cc2cc(CNC3(c4ccccc4F)CCC(=O)CC3)ccc2O)CC1.Cl.Cl.Cl. The minimum atomic E-state index is -0.547. The molecular formula is C25H35Cl3FN3O2. The molecule has 0 atom stereocenters. The molecule has 2 N–H and O–H groups in total. The Balaban J connectivity index is 0.00000193. The number of nitrogens with one attached hydrogen (secondary N) is 1. The number of likely N-dealkylation sites (N-methyl/N-ethyl adjacent to an activating group) is 1. The molecule has 0 unspecified atom stereocenters. The van der Waals surface area contributed by atoms with E-state index in [9.17, 15) is 14.3 Å². The van der Waals surface area contributed by atoms with E-state index in [1.807, 2.05) is 24.3 Å². The summed E-state index contributed by atoms with van der Waals surface area (Å²) in [6.45, 7) is 5.32. The minimum Gasteiger partial charge on any atom is -0.508 e. The molecule has 1 aliphatic heterocycles. The Hall–Kier alpha value is -1.41. The number of hydrogen-bond acceptors (Lipinski definition) is 5. The van der Waals surface area contributed by atoms with Crippen LogP contribution in [0.15, 0.2) is 42.5 Å². The molecular weight excluding hydrogens is 500 g/mol. The average Bonchev–Trinajstić information content (AvgIpc) is 2.77. The molecule has 0 spiro atoms. The van der Waals surface area contributed by atoms with Gasteiger partial charge in [-0.1, -0.05) is 24.3 Å². The normalized spacial score (nSPS) is 18.4. The van der Waals surface area contributed by atoms with Gasteiger partial charge in [0.05, 0.1) is 0 Å². The topological polar surface area (TPSA) is 55.8 Å². The number of hydrogen-bond donors (Lipinski definition) is 2. The number of phenols is 1. The molecule has 0 radical (unpaired) electrons.